The molecule has 0 aromatic carbocycles. The van der Waals surface area contributed by atoms with Crippen LogP contribution in [-0.2, 0) is 32.7 Å². The maximum absolute atomic E-state index is 12.6. The van der Waals surface area contributed by atoms with E-state index in [1.807, 2.05) is 6.08 Å². The Morgan fingerprint density at radius 1 is 0.484 bits per heavy atom. The molecule has 0 aliphatic carbocycles. The summed E-state index contributed by atoms with van der Waals surface area (Å²) in [7, 11) is -4.41. The van der Waals surface area contributed by atoms with Gasteiger partial charge in [0, 0.05) is 19.4 Å². The van der Waals surface area contributed by atoms with E-state index in [1.54, 1.807) is 0 Å². The molecule has 0 bridgehead atoms. The van der Waals surface area contributed by atoms with E-state index < -0.39 is 32.5 Å². The summed E-state index contributed by atoms with van der Waals surface area (Å²) < 4.78 is 32.8. The van der Waals surface area contributed by atoms with Gasteiger partial charge in [0.15, 0.2) is 6.10 Å². The Labute approximate surface area is 389 Å². The first kappa shape index (κ1) is 60.2. The van der Waals surface area contributed by atoms with Gasteiger partial charge in [-0.05, 0) is 103 Å². The van der Waals surface area contributed by atoms with E-state index >= 15 is 0 Å². The Morgan fingerprint density at radius 2 is 0.875 bits per heavy atom. The number of rotatable bonds is 43. The molecule has 0 saturated carbocycles. The van der Waals surface area contributed by atoms with E-state index in [0.29, 0.717) is 19.3 Å². The molecule has 0 rings (SSSR count). The second-order valence-corrected chi connectivity index (χ2v) is 16.7. The maximum Gasteiger partial charge on any atom is 0.472 e. The molecule has 0 aliphatic rings. The third-order valence-corrected chi connectivity index (χ3v) is 10.3. The summed E-state index contributed by atoms with van der Waals surface area (Å²) in [4.78, 5) is 34.9. The van der Waals surface area contributed by atoms with Crippen LogP contribution in [0.4, 0.5) is 0 Å². The van der Waals surface area contributed by atoms with Crippen LogP contribution in [0.5, 0.6) is 0 Å². The Kier molecular flexibility index (Phi) is 45.7. The number of ether oxygens (including phenoxy) is 2. The van der Waals surface area contributed by atoms with Gasteiger partial charge in [0.1, 0.15) is 6.61 Å². The number of phosphoric acid groups is 1. The van der Waals surface area contributed by atoms with Gasteiger partial charge in [-0.15, -0.1) is 0 Å². The third-order valence-electron chi connectivity index (χ3n) is 9.27. The van der Waals surface area contributed by atoms with Gasteiger partial charge in [-0.1, -0.05) is 180 Å². The van der Waals surface area contributed by atoms with Gasteiger partial charge in [0.25, 0.3) is 0 Å². The number of phosphoric ester groups is 1. The highest BCUT2D eigenvalue weighted by Crippen LogP contribution is 2.43. The van der Waals surface area contributed by atoms with Crippen molar-refractivity contribution in [3.8, 4) is 0 Å². The molecule has 3 N–H and O–H groups in total. The number of hydrogen-bond donors (Lipinski definition) is 2. The molecule has 64 heavy (non-hydrogen) atoms. The van der Waals surface area contributed by atoms with Crippen molar-refractivity contribution in [3.63, 3.8) is 0 Å². The minimum atomic E-state index is -4.41. The second kappa shape index (κ2) is 48.6. The average Bonchev–Trinajstić information content (AvgIpc) is 3.28. The first-order valence-electron chi connectivity index (χ1n) is 24.2. The quantitative estimate of drug-likeness (QED) is 0.0265. The lowest BCUT2D eigenvalue weighted by molar-refractivity contribution is -0.161. The van der Waals surface area contributed by atoms with Crippen molar-refractivity contribution >= 4 is 19.8 Å². The van der Waals surface area contributed by atoms with Crippen LogP contribution in [-0.4, -0.2) is 49.3 Å². The third kappa shape index (κ3) is 47.6. The standard InChI is InChI=1S/C54H86NO8P/c1-3-5-7-9-11-13-15-17-19-20-21-22-23-24-25-26-27-28-29-30-31-32-33-35-37-39-41-43-45-47-54(57)63-52(51-62-64(58,59)61-49-48-55)50-60-53(56)46-44-42-40-38-36-34-18-16-14-12-10-8-6-4-2/h5,7,10-13,16-19,21-22,24-25,27-28,30-31,33,35,39,41,52H,3-4,6,8-9,14-15,20,23,26,29,32,34,36-38,40,42-51,55H2,1-2H3,(H,58,59)/b7-5-,12-10-,13-11-,18-16-,19-17-,22-21-,25-24-,28-27-,31-30-,35-33-,41-39-. The summed E-state index contributed by atoms with van der Waals surface area (Å²) in [5.41, 5.74) is 5.35. The Morgan fingerprint density at radius 3 is 1.33 bits per heavy atom. The van der Waals surface area contributed by atoms with E-state index in [9.17, 15) is 19.0 Å². The fraction of sp³-hybridized carbons (Fsp3) is 0.556. The molecule has 0 aromatic rings. The SMILES string of the molecule is CC/C=C\C/C=C\C/C=C\C/C=C\C/C=C\C/C=C\C/C=C\C/C=C\C/C=C\CCCC(=O)OC(COC(=O)CCCCCCC/C=C\C/C=C\CCCC)COP(=O)(O)OCCN. The number of hydrogen-bond acceptors (Lipinski definition) is 8. The Bertz CT molecular complexity index is 1500. The fourth-order valence-electron chi connectivity index (χ4n) is 5.71. The zero-order valence-electron chi connectivity index (χ0n) is 39.7. The van der Waals surface area contributed by atoms with Crippen molar-refractivity contribution in [3.05, 3.63) is 134 Å². The topological polar surface area (TPSA) is 134 Å². The van der Waals surface area contributed by atoms with Crippen molar-refractivity contribution in [2.75, 3.05) is 26.4 Å². The number of nitrogens with two attached hydrogens (primary N) is 1. The van der Waals surface area contributed by atoms with Crippen LogP contribution >= 0.6 is 7.82 Å². The molecule has 0 aromatic heterocycles. The molecule has 0 radical (unpaired) electrons. The van der Waals surface area contributed by atoms with Crippen LogP contribution in [0.25, 0.3) is 0 Å². The largest absolute Gasteiger partial charge is 0.472 e. The highest BCUT2D eigenvalue weighted by Gasteiger charge is 2.25. The van der Waals surface area contributed by atoms with Crippen molar-refractivity contribution in [2.24, 2.45) is 5.73 Å². The smallest absolute Gasteiger partial charge is 0.462 e. The van der Waals surface area contributed by atoms with E-state index in [4.69, 9.17) is 24.3 Å². The molecule has 0 fully saturated rings. The lowest BCUT2D eigenvalue weighted by Crippen LogP contribution is -2.29. The lowest BCUT2D eigenvalue weighted by atomic mass is 10.1. The molecule has 0 heterocycles. The number of carbonyl (C=O) groups is 2. The zero-order chi connectivity index (χ0) is 46.7. The normalized spacial score (nSPS) is 14.4. The summed E-state index contributed by atoms with van der Waals surface area (Å²) in [5.74, 6) is -0.929. The number of carbonyl (C=O) groups excluding carboxylic acids is 2. The van der Waals surface area contributed by atoms with Gasteiger partial charge in [0.2, 0.25) is 0 Å². The monoisotopic (exact) mass is 908 g/mol. The molecule has 360 valence electrons. The summed E-state index contributed by atoms with van der Waals surface area (Å²) >= 11 is 0. The van der Waals surface area contributed by atoms with Crippen LogP contribution < -0.4 is 5.73 Å². The van der Waals surface area contributed by atoms with Crippen molar-refractivity contribution < 1.29 is 37.6 Å². The maximum atomic E-state index is 12.6. The second-order valence-electron chi connectivity index (χ2n) is 15.2. The molecule has 2 unspecified atom stereocenters. The van der Waals surface area contributed by atoms with Gasteiger partial charge < -0.3 is 20.1 Å². The van der Waals surface area contributed by atoms with Gasteiger partial charge >= 0.3 is 19.8 Å². The zero-order valence-corrected chi connectivity index (χ0v) is 40.6. The van der Waals surface area contributed by atoms with E-state index in [1.165, 1.54) is 12.8 Å². The molecule has 9 nitrogen and oxygen atoms in total. The first-order valence-corrected chi connectivity index (χ1v) is 25.7. The van der Waals surface area contributed by atoms with Gasteiger partial charge in [-0.25, -0.2) is 4.57 Å². The first-order chi connectivity index (χ1) is 31.3. The summed E-state index contributed by atoms with van der Waals surface area (Å²) in [6.45, 7) is 3.46. The minimum Gasteiger partial charge on any atom is -0.462 e. The van der Waals surface area contributed by atoms with Crippen molar-refractivity contribution in [2.45, 2.75) is 168 Å². The van der Waals surface area contributed by atoms with Crippen LogP contribution in [0.1, 0.15) is 162 Å². The predicted molar refractivity (Wildman–Crippen MR) is 270 cm³/mol. The molecule has 0 spiro atoms. The van der Waals surface area contributed by atoms with Gasteiger partial charge in [-0.3, -0.25) is 18.6 Å². The molecule has 0 amide bonds. The van der Waals surface area contributed by atoms with E-state index in [2.05, 4.69) is 141 Å². The molecule has 10 heteroatoms. The van der Waals surface area contributed by atoms with Gasteiger partial charge in [0.05, 0.1) is 13.2 Å². The summed E-state index contributed by atoms with van der Waals surface area (Å²) in [6.07, 6.45) is 67.8. The highest BCUT2D eigenvalue weighted by atomic mass is 31.2. The predicted octanol–water partition coefficient (Wildman–Crippen LogP) is 14.7. The van der Waals surface area contributed by atoms with E-state index in [-0.39, 0.29) is 32.6 Å². The van der Waals surface area contributed by atoms with Gasteiger partial charge in [-0.2, -0.15) is 0 Å². The molecule has 0 saturated heterocycles. The van der Waals surface area contributed by atoms with Crippen LogP contribution in [0.2, 0.25) is 0 Å². The molecular formula is C54H86NO8P. The number of allylic oxidation sites excluding steroid dienone is 22. The Balaban J connectivity index is 4.25. The molecule has 2 atom stereocenters. The van der Waals surface area contributed by atoms with Crippen molar-refractivity contribution in [1.82, 2.24) is 0 Å². The number of esters is 2. The van der Waals surface area contributed by atoms with E-state index in [0.717, 1.165) is 103 Å². The fourth-order valence-corrected chi connectivity index (χ4v) is 6.47. The Hall–Kier alpha value is -3.85. The molecule has 0 aliphatic heterocycles. The minimum absolute atomic E-state index is 0.0342. The highest BCUT2D eigenvalue weighted by molar-refractivity contribution is 7.47. The summed E-state index contributed by atoms with van der Waals surface area (Å²) in [6, 6.07) is 0. The van der Waals surface area contributed by atoms with Crippen LogP contribution in [0.15, 0.2) is 134 Å². The van der Waals surface area contributed by atoms with Crippen molar-refractivity contribution in [1.29, 1.82) is 0 Å². The van der Waals surface area contributed by atoms with Crippen LogP contribution in [0, 0.1) is 0 Å². The van der Waals surface area contributed by atoms with Crippen LogP contribution in [0.3, 0.4) is 0 Å². The lowest BCUT2D eigenvalue weighted by Gasteiger charge is -2.19. The molecular weight excluding hydrogens is 822 g/mol. The number of unbranched alkanes of at least 4 members (excludes halogenated alkanes) is 8. The summed E-state index contributed by atoms with van der Waals surface area (Å²) in [5, 5.41) is 0. The average molecular weight is 908 g/mol.